The zero-order valence-electron chi connectivity index (χ0n) is 10.5. The molecule has 1 aromatic carbocycles. The van der Waals surface area contributed by atoms with E-state index in [0.29, 0.717) is 11.1 Å². The van der Waals surface area contributed by atoms with Gasteiger partial charge in [0.2, 0.25) is 0 Å². The summed E-state index contributed by atoms with van der Waals surface area (Å²) in [5, 5.41) is 2.47. The van der Waals surface area contributed by atoms with E-state index in [4.69, 9.17) is 16.3 Å². The first-order valence-electron chi connectivity index (χ1n) is 5.71. The lowest BCUT2D eigenvalue weighted by Gasteiger charge is -2.07. The number of aromatic amines is 1. The SMILES string of the molecule is O=C(COC(=O)c1cc(Cl)c[nH]1)Nc1ccc(F)cc1F. The summed E-state index contributed by atoms with van der Waals surface area (Å²) < 4.78 is 30.7. The second-order valence-electron chi connectivity index (χ2n) is 3.98. The fraction of sp³-hybridized carbons (Fsp3) is 0.0769. The molecule has 2 rings (SSSR count). The van der Waals surface area contributed by atoms with Crippen LogP contribution in [0.3, 0.4) is 0 Å². The largest absolute Gasteiger partial charge is 0.451 e. The second kappa shape index (κ2) is 6.36. The number of halogens is 3. The average molecular weight is 315 g/mol. The van der Waals surface area contributed by atoms with Crippen molar-refractivity contribution in [3.8, 4) is 0 Å². The predicted octanol–water partition coefficient (Wildman–Crippen LogP) is 2.74. The highest BCUT2D eigenvalue weighted by molar-refractivity contribution is 6.30. The maximum absolute atomic E-state index is 13.3. The lowest BCUT2D eigenvalue weighted by Crippen LogP contribution is -2.21. The Balaban J connectivity index is 1.89. The molecule has 0 saturated heterocycles. The predicted molar refractivity (Wildman–Crippen MR) is 71.1 cm³/mol. The molecule has 0 atom stereocenters. The zero-order valence-corrected chi connectivity index (χ0v) is 11.2. The lowest BCUT2D eigenvalue weighted by atomic mass is 10.3. The molecule has 0 aliphatic carbocycles. The molecule has 0 spiro atoms. The van der Waals surface area contributed by atoms with Gasteiger partial charge in [-0.3, -0.25) is 4.79 Å². The third-order valence-electron chi connectivity index (χ3n) is 2.41. The van der Waals surface area contributed by atoms with Gasteiger partial charge < -0.3 is 15.0 Å². The first-order chi connectivity index (χ1) is 9.95. The van der Waals surface area contributed by atoms with E-state index >= 15 is 0 Å². The summed E-state index contributed by atoms with van der Waals surface area (Å²) in [7, 11) is 0. The maximum atomic E-state index is 13.3. The molecule has 0 saturated carbocycles. The minimum absolute atomic E-state index is 0.0840. The number of hydrogen-bond acceptors (Lipinski definition) is 3. The van der Waals surface area contributed by atoms with Crippen molar-refractivity contribution in [2.24, 2.45) is 0 Å². The molecule has 0 fully saturated rings. The van der Waals surface area contributed by atoms with Gasteiger partial charge in [-0.05, 0) is 18.2 Å². The number of nitrogens with one attached hydrogen (secondary N) is 2. The summed E-state index contributed by atoms with van der Waals surface area (Å²) in [6, 6.07) is 4.02. The molecule has 110 valence electrons. The lowest BCUT2D eigenvalue weighted by molar-refractivity contribution is -0.119. The maximum Gasteiger partial charge on any atom is 0.355 e. The molecule has 1 heterocycles. The smallest absolute Gasteiger partial charge is 0.355 e. The van der Waals surface area contributed by atoms with Gasteiger partial charge in [0.25, 0.3) is 5.91 Å². The molecule has 5 nitrogen and oxygen atoms in total. The number of anilines is 1. The zero-order chi connectivity index (χ0) is 15.4. The van der Waals surface area contributed by atoms with Crippen molar-refractivity contribution in [2.45, 2.75) is 0 Å². The normalized spacial score (nSPS) is 10.2. The summed E-state index contributed by atoms with van der Waals surface area (Å²) >= 11 is 5.61. The van der Waals surface area contributed by atoms with Crippen molar-refractivity contribution < 1.29 is 23.1 Å². The van der Waals surface area contributed by atoms with Gasteiger partial charge in [-0.15, -0.1) is 0 Å². The number of rotatable bonds is 4. The van der Waals surface area contributed by atoms with Crippen LogP contribution in [0.25, 0.3) is 0 Å². The van der Waals surface area contributed by atoms with Gasteiger partial charge in [0.05, 0.1) is 10.7 Å². The average Bonchev–Trinajstić information content (AvgIpc) is 2.86. The summed E-state index contributed by atoms with van der Waals surface area (Å²) in [4.78, 5) is 25.6. The minimum atomic E-state index is -0.925. The number of benzene rings is 1. The Hall–Kier alpha value is -2.41. The van der Waals surface area contributed by atoms with Crippen molar-refractivity contribution in [2.75, 3.05) is 11.9 Å². The summed E-state index contributed by atoms with van der Waals surface area (Å²) in [5.74, 6) is -3.23. The number of ether oxygens (including phenoxy) is 1. The van der Waals surface area contributed by atoms with Gasteiger partial charge in [0.1, 0.15) is 17.3 Å². The van der Waals surface area contributed by atoms with Crippen LogP contribution in [0.5, 0.6) is 0 Å². The molecule has 0 aliphatic rings. The molecule has 21 heavy (non-hydrogen) atoms. The highest BCUT2D eigenvalue weighted by Crippen LogP contribution is 2.15. The number of aromatic nitrogens is 1. The van der Waals surface area contributed by atoms with Gasteiger partial charge >= 0.3 is 5.97 Å². The Morgan fingerprint density at radius 1 is 1.29 bits per heavy atom. The van der Waals surface area contributed by atoms with E-state index in [9.17, 15) is 18.4 Å². The van der Waals surface area contributed by atoms with E-state index in [0.717, 1.165) is 12.1 Å². The summed E-state index contributed by atoms with van der Waals surface area (Å²) in [5.41, 5.74) is -0.124. The van der Waals surface area contributed by atoms with Crippen LogP contribution in [0.15, 0.2) is 30.5 Å². The Morgan fingerprint density at radius 2 is 2.05 bits per heavy atom. The van der Waals surface area contributed by atoms with Crippen molar-refractivity contribution in [3.63, 3.8) is 0 Å². The van der Waals surface area contributed by atoms with E-state index in [2.05, 4.69) is 10.3 Å². The first-order valence-corrected chi connectivity index (χ1v) is 6.09. The van der Waals surface area contributed by atoms with Crippen LogP contribution < -0.4 is 5.32 Å². The van der Waals surface area contributed by atoms with Gasteiger partial charge in [0.15, 0.2) is 6.61 Å². The Labute approximate surface area is 122 Å². The first kappa shape index (κ1) is 15.0. The molecule has 0 aliphatic heterocycles. The van der Waals surface area contributed by atoms with Gasteiger partial charge in [-0.2, -0.15) is 0 Å². The van der Waals surface area contributed by atoms with Crippen molar-refractivity contribution in [1.29, 1.82) is 0 Å². The highest BCUT2D eigenvalue weighted by atomic mass is 35.5. The van der Waals surface area contributed by atoms with Crippen LogP contribution in [0.4, 0.5) is 14.5 Å². The summed E-state index contributed by atoms with van der Waals surface area (Å²) in [6.45, 7) is -0.619. The van der Waals surface area contributed by atoms with E-state index in [-0.39, 0.29) is 11.4 Å². The number of carbonyl (C=O) groups excluding carboxylic acids is 2. The minimum Gasteiger partial charge on any atom is -0.451 e. The van der Waals surface area contributed by atoms with Crippen LogP contribution >= 0.6 is 11.6 Å². The van der Waals surface area contributed by atoms with Crippen molar-refractivity contribution in [1.82, 2.24) is 4.98 Å². The molecule has 0 unspecified atom stereocenters. The van der Waals surface area contributed by atoms with Crippen molar-refractivity contribution >= 4 is 29.2 Å². The van der Waals surface area contributed by atoms with Crippen LogP contribution in [-0.2, 0) is 9.53 Å². The Morgan fingerprint density at radius 3 is 2.67 bits per heavy atom. The van der Waals surface area contributed by atoms with E-state index in [1.165, 1.54) is 12.3 Å². The molecule has 1 aromatic heterocycles. The number of H-pyrrole nitrogens is 1. The van der Waals surface area contributed by atoms with Crippen LogP contribution in [-0.4, -0.2) is 23.5 Å². The van der Waals surface area contributed by atoms with E-state index in [1.807, 2.05) is 0 Å². The van der Waals surface area contributed by atoms with Crippen LogP contribution in [0.1, 0.15) is 10.5 Å². The number of hydrogen-bond donors (Lipinski definition) is 2. The van der Waals surface area contributed by atoms with Gasteiger partial charge in [0, 0.05) is 12.3 Å². The van der Waals surface area contributed by atoms with Gasteiger partial charge in [-0.25, -0.2) is 13.6 Å². The quantitative estimate of drug-likeness (QED) is 0.852. The van der Waals surface area contributed by atoms with Crippen LogP contribution in [0, 0.1) is 11.6 Å². The number of carbonyl (C=O) groups is 2. The fourth-order valence-electron chi connectivity index (χ4n) is 1.47. The standard InChI is InChI=1S/C13H9ClF2N2O3/c14-7-3-11(17-5-7)13(20)21-6-12(19)18-10-2-1-8(15)4-9(10)16/h1-5,17H,6H2,(H,18,19). The molecule has 0 bridgehead atoms. The topological polar surface area (TPSA) is 71.2 Å². The molecular weight excluding hydrogens is 306 g/mol. The molecule has 0 radical (unpaired) electrons. The summed E-state index contributed by atoms with van der Waals surface area (Å²) in [6.07, 6.45) is 1.38. The number of esters is 1. The Bertz CT molecular complexity index is 688. The van der Waals surface area contributed by atoms with E-state index < -0.39 is 30.1 Å². The molecule has 2 N–H and O–H groups in total. The third kappa shape index (κ3) is 4.03. The molecule has 8 heteroatoms. The Kier molecular flexibility index (Phi) is 4.54. The van der Waals surface area contributed by atoms with Crippen molar-refractivity contribution in [3.05, 3.63) is 52.8 Å². The molecular formula is C13H9ClF2N2O3. The third-order valence-corrected chi connectivity index (χ3v) is 2.63. The number of amides is 1. The van der Waals surface area contributed by atoms with Gasteiger partial charge in [-0.1, -0.05) is 11.6 Å². The fourth-order valence-corrected chi connectivity index (χ4v) is 1.64. The monoisotopic (exact) mass is 314 g/mol. The molecule has 1 amide bonds. The second-order valence-corrected chi connectivity index (χ2v) is 4.42. The highest BCUT2D eigenvalue weighted by Gasteiger charge is 2.13. The van der Waals surface area contributed by atoms with E-state index in [1.54, 1.807) is 0 Å². The molecule has 2 aromatic rings. The van der Waals surface area contributed by atoms with Crippen LogP contribution in [0.2, 0.25) is 5.02 Å².